The number of ether oxygens (including phenoxy) is 1. The summed E-state index contributed by atoms with van der Waals surface area (Å²) in [5.74, 6) is -0.104. The van der Waals surface area contributed by atoms with Gasteiger partial charge < -0.3 is 14.6 Å². The molecule has 4 aromatic rings. The lowest BCUT2D eigenvalue weighted by molar-refractivity contribution is 0.0407. The van der Waals surface area contributed by atoms with Crippen LogP contribution in [0.2, 0.25) is 0 Å². The van der Waals surface area contributed by atoms with Gasteiger partial charge in [-0.25, -0.2) is 0 Å². The quantitative estimate of drug-likeness (QED) is 0.377. The SMILES string of the molecule is Cc1ccc(-c2ccc3cc(C(=O)Nc4ccc(CN(C)C5CCOCC5)cc4)n(C)c3c2)cc1. The Kier molecular flexibility index (Phi) is 6.71. The second-order valence-electron chi connectivity index (χ2n) is 9.64. The molecule has 5 heteroatoms. The summed E-state index contributed by atoms with van der Waals surface area (Å²) < 4.78 is 7.45. The number of nitrogens with zero attached hydrogens (tertiary/aromatic N) is 2. The summed E-state index contributed by atoms with van der Waals surface area (Å²) in [7, 11) is 4.13. The number of hydrogen-bond acceptors (Lipinski definition) is 3. The summed E-state index contributed by atoms with van der Waals surface area (Å²) in [4.78, 5) is 15.5. The normalized spacial score (nSPS) is 14.5. The van der Waals surface area contributed by atoms with Gasteiger partial charge in [0.15, 0.2) is 0 Å². The van der Waals surface area contributed by atoms with Crippen molar-refractivity contribution in [2.24, 2.45) is 7.05 Å². The highest BCUT2D eigenvalue weighted by molar-refractivity contribution is 6.06. The second kappa shape index (κ2) is 10.1. The summed E-state index contributed by atoms with van der Waals surface area (Å²) in [6, 6.07) is 25.6. The maximum absolute atomic E-state index is 13.1. The molecule has 5 rings (SSSR count). The van der Waals surface area contributed by atoms with Crippen molar-refractivity contribution in [1.29, 1.82) is 0 Å². The van der Waals surface area contributed by atoms with E-state index in [1.165, 1.54) is 16.7 Å². The molecule has 0 spiro atoms. The van der Waals surface area contributed by atoms with Gasteiger partial charge in [-0.15, -0.1) is 0 Å². The first-order chi connectivity index (χ1) is 17.0. The zero-order valence-electron chi connectivity index (χ0n) is 20.8. The Balaban J connectivity index is 1.28. The molecule has 0 saturated carbocycles. The second-order valence-corrected chi connectivity index (χ2v) is 9.64. The van der Waals surface area contributed by atoms with Crippen molar-refractivity contribution in [3.63, 3.8) is 0 Å². The number of aryl methyl sites for hydroxylation is 2. The number of benzene rings is 3. The molecule has 5 nitrogen and oxygen atoms in total. The molecule has 1 N–H and O–H groups in total. The standard InChI is InChI=1S/C30H33N3O2/c1-21-4-8-23(9-5-21)24-10-11-25-19-29(33(3)28(25)18-24)30(34)31-26-12-6-22(7-13-26)20-32(2)27-14-16-35-17-15-27/h4-13,18-19,27H,14-17,20H2,1-3H3,(H,31,34). The van der Waals surface area contributed by atoms with Crippen LogP contribution in [0, 0.1) is 6.92 Å². The fraction of sp³-hybridized carbons (Fsp3) is 0.300. The zero-order chi connectivity index (χ0) is 24.4. The summed E-state index contributed by atoms with van der Waals surface area (Å²) in [5, 5.41) is 4.12. The Bertz CT molecular complexity index is 1320. The highest BCUT2D eigenvalue weighted by Gasteiger charge is 2.19. The van der Waals surface area contributed by atoms with Gasteiger partial charge in [0.2, 0.25) is 0 Å². The molecule has 0 bridgehead atoms. The molecular weight excluding hydrogens is 434 g/mol. The first-order valence-corrected chi connectivity index (χ1v) is 12.3. The Hall–Kier alpha value is -3.41. The molecule has 1 saturated heterocycles. The van der Waals surface area contributed by atoms with E-state index >= 15 is 0 Å². The molecule has 0 radical (unpaired) electrons. The van der Waals surface area contributed by atoms with Crippen LogP contribution >= 0.6 is 0 Å². The molecule has 1 aromatic heterocycles. The molecule has 35 heavy (non-hydrogen) atoms. The van der Waals surface area contributed by atoms with Gasteiger partial charge >= 0.3 is 0 Å². The summed E-state index contributed by atoms with van der Waals surface area (Å²) >= 11 is 0. The molecule has 1 fully saturated rings. The highest BCUT2D eigenvalue weighted by atomic mass is 16.5. The van der Waals surface area contributed by atoms with Gasteiger partial charge in [0, 0.05) is 49.4 Å². The lowest BCUT2D eigenvalue weighted by Gasteiger charge is -2.31. The highest BCUT2D eigenvalue weighted by Crippen LogP contribution is 2.27. The third kappa shape index (κ3) is 5.16. The van der Waals surface area contributed by atoms with Gasteiger partial charge in [-0.05, 0) is 67.8 Å². The van der Waals surface area contributed by atoms with Crippen molar-refractivity contribution in [3.05, 3.63) is 89.6 Å². The number of rotatable bonds is 6. The zero-order valence-corrected chi connectivity index (χ0v) is 20.8. The number of carbonyl (C=O) groups excluding carboxylic acids is 1. The molecule has 1 aliphatic heterocycles. The number of nitrogens with one attached hydrogen (secondary N) is 1. The van der Waals surface area contributed by atoms with Crippen LogP contribution in [0.25, 0.3) is 22.0 Å². The number of hydrogen-bond donors (Lipinski definition) is 1. The van der Waals surface area contributed by atoms with Gasteiger partial charge in [0.25, 0.3) is 5.91 Å². The lowest BCUT2D eigenvalue weighted by atomic mass is 10.0. The minimum absolute atomic E-state index is 0.104. The van der Waals surface area contributed by atoms with E-state index in [1.807, 2.05) is 29.8 Å². The van der Waals surface area contributed by atoms with E-state index in [4.69, 9.17) is 4.74 Å². The first-order valence-electron chi connectivity index (χ1n) is 12.3. The molecule has 0 atom stereocenters. The lowest BCUT2D eigenvalue weighted by Crippen LogP contribution is -2.36. The molecule has 0 unspecified atom stereocenters. The Labute approximate surface area is 207 Å². The van der Waals surface area contributed by atoms with Crippen molar-refractivity contribution in [1.82, 2.24) is 9.47 Å². The van der Waals surface area contributed by atoms with E-state index in [0.717, 1.165) is 54.8 Å². The van der Waals surface area contributed by atoms with Crippen LogP contribution in [0.15, 0.2) is 72.8 Å². The Morgan fingerprint density at radius 2 is 1.66 bits per heavy atom. The summed E-state index contributed by atoms with van der Waals surface area (Å²) in [5.41, 5.74) is 7.29. The molecule has 180 valence electrons. The predicted molar refractivity (Wildman–Crippen MR) is 143 cm³/mol. The van der Waals surface area contributed by atoms with Crippen LogP contribution in [0.4, 0.5) is 5.69 Å². The predicted octanol–water partition coefficient (Wildman–Crippen LogP) is 6.02. The maximum Gasteiger partial charge on any atom is 0.272 e. The molecule has 2 heterocycles. The number of carbonyl (C=O) groups is 1. The fourth-order valence-corrected chi connectivity index (χ4v) is 4.91. The van der Waals surface area contributed by atoms with Crippen molar-refractivity contribution >= 4 is 22.5 Å². The average molecular weight is 468 g/mol. The van der Waals surface area contributed by atoms with Crippen LogP contribution in [-0.2, 0) is 18.3 Å². The third-order valence-electron chi connectivity index (χ3n) is 7.12. The minimum atomic E-state index is -0.104. The van der Waals surface area contributed by atoms with Gasteiger partial charge in [-0.2, -0.15) is 0 Å². The van der Waals surface area contributed by atoms with Crippen LogP contribution in [0.3, 0.4) is 0 Å². The van der Waals surface area contributed by atoms with E-state index in [0.29, 0.717) is 11.7 Å². The van der Waals surface area contributed by atoms with Crippen molar-refractivity contribution in [3.8, 4) is 11.1 Å². The maximum atomic E-state index is 13.1. The molecule has 1 aliphatic rings. The molecule has 3 aromatic carbocycles. The number of aromatic nitrogens is 1. The molecule has 0 aliphatic carbocycles. The minimum Gasteiger partial charge on any atom is -0.381 e. The van der Waals surface area contributed by atoms with Crippen LogP contribution < -0.4 is 5.32 Å². The number of amides is 1. The summed E-state index contributed by atoms with van der Waals surface area (Å²) in [6.07, 6.45) is 2.17. The van der Waals surface area contributed by atoms with Gasteiger partial charge in [0.05, 0.1) is 0 Å². The Morgan fingerprint density at radius 3 is 2.37 bits per heavy atom. The van der Waals surface area contributed by atoms with Crippen LogP contribution in [-0.4, -0.2) is 41.7 Å². The van der Waals surface area contributed by atoms with Gasteiger partial charge in [-0.1, -0.05) is 54.1 Å². The molecule has 1 amide bonds. The van der Waals surface area contributed by atoms with Crippen LogP contribution in [0.1, 0.15) is 34.5 Å². The summed E-state index contributed by atoms with van der Waals surface area (Å²) in [6.45, 7) is 4.68. The van der Waals surface area contributed by atoms with Gasteiger partial charge in [0.1, 0.15) is 5.69 Å². The van der Waals surface area contributed by atoms with Gasteiger partial charge in [-0.3, -0.25) is 9.69 Å². The van der Waals surface area contributed by atoms with E-state index in [2.05, 4.69) is 78.8 Å². The Morgan fingerprint density at radius 1 is 0.971 bits per heavy atom. The monoisotopic (exact) mass is 467 g/mol. The topological polar surface area (TPSA) is 46.5 Å². The van der Waals surface area contributed by atoms with E-state index < -0.39 is 0 Å². The molecular formula is C30H33N3O2. The van der Waals surface area contributed by atoms with E-state index in [1.54, 1.807) is 0 Å². The van der Waals surface area contributed by atoms with E-state index in [9.17, 15) is 4.79 Å². The van der Waals surface area contributed by atoms with Crippen molar-refractivity contribution < 1.29 is 9.53 Å². The van der Waals surface area contributed by atoms with E-state index in [-0.39, 0.29) is 5.91 Å². The van der Waals surface area contributed by atoms with Crippen molar-refractivity contribution in [2.45, 2.75) is 32.4 Å². The number of anilines is 1. The smallest absolute Gasteiger partial charge is 0.272 e. The fourth-order valence-electron chi connectivity index (χ4n) is 4.91. The third-order valence-corrected chi connectivity index (χ3v) is 7.12. The average Bonchev–Trinajstić information content (AvgIpc) is 3.22. The van der Waals surface area contributed by atoms with Crippen molar-refractivity contribution in [2.75, 3.05) is 25.6 Å². The van der Waals surface area contributed by atoms with Crippen LogP contribution in [0.5, 0.6) is 0 Å². The number of fused-ring (bicyclic) bond motifs is 1. The largest absolute Gasteiger partial charge is 0.381 e. The first kappa shape index (κ1) is 23.3.